The molecule has 0 aromatic heterocycles. The number of nitro benzene ring substituents is 1. The van der Waals surface area contributed by atoms with Crippen LogP contribution in [0.25, 0.3) is 0 Å². The highest BCUT2D eigenvalue weighted by Crippen LogP contribution is 2.19. The maximum absolute atomic E-state index is 10.6. The molecule has 1 heterocycles. The summed E-state index contributed by atoms with van der Waals surface area (Å²) in [6, 6.07) is 6.79. The number of likely N-dealkylation sites (tertiary alicyclic amines) is 1. The molecule has 1 atom stereocenters. The highest BCUT2D eigenvalue weighted by atomic mass is 16.6. The third-order valence-electron chi connectivity index (χ3n) is 3.77. The van der Waals surface area contributed by atoms with Crippen molar-refractivity contribution in [3.63, 3.8) is 0 Å². The van der Waals surface area contributed by atoms with Gasteiger partial charge in [0.05, 0.1) is 4.92 Å². The van der Waals surface area contributed by atoms with E-state index in [1.54, 1.807) is 12.1 Å². The van der Waals surface area contributed by atoms with Gasteiger partial charge in [-0.25, -0.2) is 0 Å². The van der Waals surface area contributed by atoms with Crippen molar-refractivity contribution in [2.75, 3.05) is 26.2 Å². The Hall–Kier alpha value is -1.46. The number of benzene rings is 1. The van der Waals surface area contributed by atoms with Crippen molar-refractivity contribution in [2.24, 2.45) is 5.92 Å². The topological polar surface area (TPSA) is 66.6 Å². The molecule has 1 aliphatic heterocycles. The van der Waals surface area contributed by atoms with Crippen LogP contribution in [0, 0.1) is 16.0 Å². The largest absolute Gasteiger partial charge is 0.396 e. The van der Waals surface area contributed by atoms with Crippen LogP contribution in [0.15, 0.2) is 24.3 Å². The minimum Gasteiger partial charge on any atom is -0.396 e. The Balaban J connectivity index is 1.78. The molecule has 1 aromatic carbocycles. The van der Waals surface area contributed by atoms with Gasteiger partial charge in [0.15, 0.2) is 0 Å². The molecule has 1 saturated heterocycles. The van der Waals surface area contributed by atoms with Gasteiger partial charge in [0, 0.05) is 31.8 Å². The standard InChI is InChI=1S/C14H20N2O3/c17-10-7-13-6-9-15(11-13)8-5-12-1-3-14(4-2-12)16(18)19/h1-4,13,17H,5-11H2. The summed E-state index contributed by atoms with van der Waals surface area (Å²) in [5.41, 5.74) is 1.28. The van der Waals surface area contributed by atoms with Crippen LogP contribution >= 0.6 is 0 Å². The van der Waals surface area contributed by atoms with E-state index in [9.17, 15) is 10.1 Å². The van der Waals surface area contributed by atoms with Crippen LogP contribution < -0.4 is 0 Å². The summed E-state index contributed by atoms with van der Waals surface area (Å²) < 4.78 is 0. The van der Waals surface area contributed by atoms with Gasteiger partial charge in [-0.2, -0.15) is 0 Å². The first-order valence-electron chi connectivity index (χ1n) is 6.75. The Bertz CT molecular complexity index is 419. The van der Waals surface area contributed by atoms with E-state index in [0.29, 0.717) is 5.92 Å². The smallest absolute Gasteiger partial charge is 0.269 e. The molecule has 1 aliphatic rings. The zero-order valence-corrected chi connectivity index (χ0v) is 11.0. The van der Waals surface area contributed by atoms with Gasteiger partial charge in [-0.1, -0.05) is 12.1 Å². The molecule has 0 amide bonds. The molecule has 1 aromatic rings. The maximum Gasteiger partial charge on any atom is 0.269 e. The average Bonchev–Trinajstić information content (AvgIpc) is 2.85. The molecule has 1 unspecified atom stereocenters. The summed E-state index contributed by atoms with van der Waals surface area (Å²) in [5, 5.41) is 19.5. The summed E-state index contributed by atoms with van der Waals surface area (Å²) in [6.45, 7) is 3.42. The predicted octanol–water partition coefficient (Wildman–Crippen LogP) is 1.84. The molecule has 5 nitrogen and oxygen atoms in total. The zero-order valence-electron chi connectivity index (χ0n) is 11.0. The minimum atomic E-state index is -0.371. The van der Waals surface area contributed by atoms with Crippen molar-refractivity contribution in [1.82, 2.24) is 4.90 Å². The second-order valence-electron chi connectivity index (χ2n) is 5.14. The van der Waals surface area contributed by atoms with Gasteiger partial charge >= 0.3 is 0 Å². The quantitative estimate of drug-likeness (QED) is 0.629. The molecule has 1 N–H and O–H groups in total. The minimum absolute atomic E-state index is 0.146. The van der Waals surface area contributed by atoms with Crippen LogP contribution in [0.3, 0.4) is 0 Å². The highest BCUT2D eigenvalue weighted by Gasteiger charge is 2.21. The maximum atomic E-state index is 10.6. The number of nitrogens with zero attached hydrogens (tertiary/aromatic N) is 2. The third-order valence-corrected chi connectivity index (χ3v) is 3.77. The summed E-state index contributed by atoms with van der Waals surface area (Å²) in [6.07, 6.45) is 2.98. The van der Waals surface area contributed by atoms with E-state index in [1.165, 1.54) is 6.42 Å². The van der Waals surface area contributed by atoms with Crippen molar-refractivity contribution in [2.45, 2.75) is 19.3 Å². The van der Waals surface area contributed by atoms with E-state index in [0.717, 1.165) is 38.0 Å². The molecular weight excluding hydrogens is 244 g/mol. The summed E-state index contributed by atoms with van der Waals surface area (Å²) >= 11 is 0. The third kappa shape index (κ3) is 4.01. The van der Waals surface area contributed by atoms with E-state index >= 15 is 0 Å². The first-order valence-corrected chi connectivity index (χ1v) is 6.75. The lowest BCUT2D eigenvalue weighted by Crippen LogP contribution is -2.23. The number of non-ortho nitro benzene ring substituents is 1. The average molecular weight is 264 g/mol. The molecule has 2 rings (SSSR count). The van der Waals surface area contributed by atoms with Crippen molar-refractivity contribution < 1.29 is 10.0 Å². The molecular formula is C14H20N2O3. The second-order valence-corrected chi connectivity index (χ2v) is 5.14. The molecule has 104 valence electrons. The van der Waals surface area contributed by atoms with Gasteiger partial charge in [-0.3, -0.25) is 10.1 Å². The SMILES string of the molecule is O=[N+]([O-])c1ccc(CCN2CCC(CCO)C2)cc1. The molecule has 19 heavy (non-hydrogen) atoms. The van der Waals surface area contributed by atoms with Crippen LogP contribution in [0.4, 0.5) is 5.69 Å². The zero-order chi connectivity index (χ0) is 13.7. The first kappa shape index (κ1) is 14.0. The van der Waals surface area contributed by atoms with Crippen LogP contribution in [0.1, 0.15) is 18.4 Å². The van der Waals surface area contributed by atoms with Crippen molar-refractivity contribution >= 4 is 5.69 Å². The van der Waals surface area contributed by atoms with Crippen LogP contribution in [0.5, 0.6) is 0 Å². The number of hydrogen-bond acceptors (Lipinski definition) is 4. The lowest BCUT2D eigenvalue weighted by Gasteiger charge is -2.15. The molecule has 0 radical (unpaired) electrons. The van der Waals surface area contributed by atoms with Crippen LogP contribution in [-0.2, 0) is 6.42 Å². The molecule has 0 saturated carbocycles. The van der Waals surface area contributed by atoms with Gasteiger partial charge in [0.1, 0.15) is 0 Å². The van der Waals surface area contributed by atoms with E-state index < -0.39 is 0 Å². The fourth-order valence-electron chi connectivity index (χ4n) is 2.61. The molecule has 0 aliphatic carbocycles. The van der Waals surface area contributed by atoms with Gasteiger partial charge < -0.3 is 10.0 Å². The normalized spacial score (nSPS) is 19.7. The Morgan fingerprint density at radius 3 is 2.74 bits per heavy atom. The second kappa shape index (κ2) is 6.63. The van der Waals surface area contributed by atoms with Crippen molar-refractivity contribution in [3.8, 4) is 0 Å². The Morgan fingerprint density at radius 2 is 2.11 bits per heavy atom. The first-order chi connectivity index (χ1) is 9.19. The summed E-state index contributed by atoms with van der Waals surface area (Å²) in [5.74, 6) is 0.627. The number of aliphatic hydroxyl groups excluding tert-OH is 1. The van der Waals surface area contributed by atoms with Gasteiger partial charge in [-0.05, 0) is 37.3 Å². The van der Waals surface area contributed by atoms with Crippen LogP contribution in [0.2, 0.25) is 0 Å². The van der Waals surface area contributed by atoms with Gasteiger partial charge in [0.25, 0.3) is 5.69 Å². The molecule has 0 spiro atoms. The summed E-state index contributed by atoms with van der Waals surface area (Å²) in [4.78, 5) is 12.6. The Kier molecular flexibility index (Phi) is 4.87. The lowest BCUT2D eigenvalue weighted by molar-refractivity contribution is -0.384. The molecule has 0 bridgehead atoms. The van der Waals surface area contributed by atoms with Crippen molar-refractivity contribution in [1.29, 1.82) is 0 Å². The number of hydrogen-bond donors (Lipinski definition) is 1. The van der Waals surface area contributed by atoms with E-state index in [2.05, 4.69) is 4.90 Å². The fraction of sp³-hybridized carbons (Fsp3) is 0.571. The van der Waals surface area contributed by atoms with Gasteiger partial charge in [-0.15, -0.1) is 0 Å². The fourth-order valence-corrected chi connectivity index (χ4v) is 2.61. The van der Waals surface area contributed by atoms with Crippen LogP contribution in [-0.4, -0.2) is 41.2 Å². The predicted molar refractivity (Wildman–Crippen MR) is 73.1 cm³/mol. The highest BCUT2D eigenvalue weighted by molar-refractivity contribution is 5.32. The Labute approximate surface area is 113 Å². The van der Waals surface area contributed by atoms with E-state index in [-0.39, 0.29) is 17.2 Å². The molecule has 1 fully saturated rings. The number of nitro groups is 1. The van der Waals surface area contributed by atoms with Gasteiger partial charge in [0.2, 0.25) is 0 Å². The van der Waals surface area contributed by atoms with Crippen molar-refractivity contribution in [3.05, 3.63) is 39.9 Å². The lowest BCUT2D eigenvalue weighted by atomic mass is 10.1. The van der Waals surface area contributed by atoms with E-state index in [1.807, 2.05) is 12.1 Å². The molecule has 5 heteroatoms. The number of aliphatic hydroxyl groups is 1. The van der Waals surface area contributed by atoms with E-state index in [4.69, 9.17) is 5.11 Å². The monoisotopic (exact) mass is 264 g/mol. The number of rotatable bonds is 6. The Morgan fingerprint density at radius 1 is 1.37 bits per heavy atom. The summed E-state index contributed by atoms with van der Waals surface area (Å²) in [7, 11) is 0.